The quantitative estimate of drug-likeness (QED) is 0.109. The van der Waals surface area contributed by atoms with Crippen LogP contribution in [0.2, 0.25) is 5.02 Å². The molecule has 3 aromatic rings. The third-order valence-electron chi connectivity index (χ3n) is 10.5. The Morgan fingerprint density at radius 1 is 1.00 bits per heavy atom. The molecule has 7 rings (SSSR count). The topological polar surface area (TPSA) is 175 Å². The van der Waals surface area contributed by atoms with Gasteiger partial charge in [-0.15, -0.1) is 6.58 Å². The molecule has 0 unspecified atom stereocenters. The van der Waals surface area contributed by atoms with Crippen molar-refractivity contribution in [2.24, 2.45) is 17.0 Å². The minimum Gasteiger partial charge on any atom is -0.390 e. The minimum atomic E-state index is -3.93. The lowest BCUT2D eigenvalue weighted by atomic mass is 10.0. The van der Waals surface area contributed by atoms with E-state index in [1.165, 1.54) is 35.2 Å². The molecule has 3 aliphatic carbocycles. The number of carbonyl (C=O) groups excluding carboxylic acids is 4. The van der Waals surface area contributed by atoms with E-state index in [1.807, 2.05) is 48.5 Å². The number of hydrogen-bond donors (Lipinski definition) is 3. The van der Waals surface area contributed by atoms with Crippen LogP contribution >= 0.6 is 11.6 Å². The molecular weight excluding hydrogens is 734 g/mol. The van der Waals surface area contributed by atoms with Crippen LogP contribution in [0.4, 0.5) is 0 Å². The Morgan fingerprint density at radius 2 is 1.59 bits per heavy atom. The first-order valence-electron chi connectivity index (χ1n) is 17.8. The Balaban J connectivity index is 1.18. The number of nitrogens with zero attached hydrogens (tertiary/aromatic N) is 3. The second-order valence-corrected chi connectivity index (χ2v) is 16.9. The van der Waals surface area contributed by atoms with Crippen LogP contribution in [0.3, 0.4) is 0 Å². The number of benzene rings is 3. The summed E-state index contributed by atoms with van der Waals surface area (Å²) in [4.78, 5) is 62.9. The number of halogens is 1. The van der Waals surface area contributed by atoms with Crippen molar-refractivity contribution in [2.45, 2.75) is 68.5 Å². The predicted octanol–water partition coefficient (Wildman–Crippen LogP) is 4.28. The minimum absolute atomic E-state index is 0.0597. The summed E-state index contributed by atoms with van der Waals surface area (Å²) >= 11 is 5.99. The average molecular weight is 774 g/mol. The van der Waals surface area contributed by atoms with Gasteiger partial charge in [0.2, 0.25) is 21.8 Å². The monoisotopic (exact) mass is 773 g/mol. The molecule has 1 heterocycles. The zero-order valence-electron chi connectivity index (χ0n) is 29.6. The van der Waals surface area contributed by atoms with E-state index in [9.17, 15) is 32.8 Å². The van der Waals surface area contributed by atoms with Gasteiger partial charge in [-0.3, -0.25) is 29.1 Å². The Hall–Kier alpha value is -5.05. The molecule has 4 amide bonds. The number of carbonyl (C=O) groups is 4. The molecule has 54 heavy (non-hydrogen) atoms. The van der Waals surface area contributed by atoms with Crippen molar-refractivity contribution >= 4 is 51.0 Å². The highest BCUT2D eigenvalue weighted by molar-refractivity contribution is 7.91. The molecule has 282 valence electrons. The molecule has 3 aromatic carbocycles. The van der Waals surface area contributed by atoms with Crippen molar-refractivity contribution in [3.63, 3.8) is 0 Å². The van der Waals surface area contributed by atoms with Crippen LogP contribution in [0.1, 0.15) is 61.0 Å². The molecule has 13 nitrogen and oxygen atoms in total. The zero-order chi connectivity index (χ0) is 38.5. The van der Waals surface area contributed by atoms with Crippen molar-refractivity contribution in [3.8, 4) is 11.1 Å². The van der Waals surface area contributed by atoms with Crippen LogP contribution in [0.5, 0.6) is 0 Å². The molecule has 5 atom stereocenters. The maximum atomic E-state index is 14.5. The average Bonchev–Trinajstić information content (AvgIpc) is 4.06. The highest BCUT2D eigenvalue weighted by Crippen LogP contribution is 2.45. The number of hydrogen-bond acceptors (Lipinski definition) is 9. The van der Waals surface area contributed by atoms with Crippen LogP contribution in [-0.4, -0.2) is 88.4 Å². The van der Waals surface area contributed by atoms with Gasteiger partial charge >= 0.3 is 0 Å². The highest BCUT2D eigenvalue weighted by atomic mass is 35.5. The molecule has 0 spiro atoms. The van der Waals surface area contributed by atoms with Crippen LogP contribution in [0, 0.1) is 11.8 Å². The molecule has 3 N–H and O–H groups in total. The highest BCUT2D eigenvalue weighted by Gasteiger charge is 2.62. The van der Waals surface area contributed by atoms with Gasteiger partial charge in [0.25, 0.3) is 11.8 Å². The maximum Gasteiger partial charge on any atom is 0.277 e. The normalized spacial score (nSPS) is 23.2. The van der Waals surface area contributed by atoms with E-state index in [0.29, 0.717) is 28.6 Å². The van der Waals surface area contributed by atoms with Crippen molar-refractivity contribution in [2.75, 3.05) is 6.54 Å². The van der Waals surface area contributed by atoms with Gasteiger partial charge in [-0.1, -0.05) is 85.2 Å². The fourth-order valence-corrected chi connectivity index (χ4v) is 8.79. The first-order chi connectivity index (χ1) is 25.8. The SMILES string of the molecule is C=C[C@@H]1C[C@@]1(NC(=O)[C@@H]1C[C@@H](ON=C2c3ccccc3-c3ccccc32)CN1C(=O)[C@@H](C(C)C)N(O)C(=O)c1ccc(Cl)cc1)C(=O)NS(=O)(=O)C1CC1. The molecular formula is C39H40ClN5O8S. The second kappa shape index (κ2) is 14.3. The Bertz CT molecular complexity index is 2130. The van der Waals surface area contributed by atoms with E-state index < -0.39 is 74.5 Å². The van der Waals surface area contributed by atoms with Gasteiger partial charge in [-0.05, 0) is 60.6 Å². The largest absolute Gasteiger partial charge is 0.390 e. The molecule has 0 aromatic heterocycles. The smallest absolute Gasteiger partial charge is 0.277 e. The van der Waals surface area contributed by atoms with Gasteiger partial charge in [-0.25, -0.2) is 13.5 Å². The van der Waals surface area contributed by atoms with Crippen LogP contribution < -0.4 is 10.0 Å². The number of hydroxylamine groups is 2. The van der Waals surface area contributed by atoms with Crippen molar-refractivity contribution in [1.82, 2.24) is 20.0 Å². The Kier molecular flexibility index (Phi) is 9.88. The molecule has 2 saturated carbocycles. The Labute approximate surface area is 318 Å². The summed E-state index contributed by atoms with van der Waals surface area (Å²) in [5.41, 5.74) is 2.75. The first-order valence-corrected chi connectivity index (χ1v) is 19.7. The molecule has 0 bridgehead atoms. The molecule has 15 heteroatoms. The fraction of sp³-hybridized carbons (Fsp3) is 0.359. The summed E-state index contributed by atoms with van der Waals surface area (Å²) in [6.07, 6.45) is 1.58. The molecule has 3 fully saturated rings. The van der Waals surface area contributed by atoms with Gasteiger partial charge in [0.1, 0.15) is 29.4 Å². The summed E-state index contributed by atoms with van der Waals surface area (Å²) < 4.78 is 27.5. The maximum absolute atomic E-state index is 14.5. The third-order valence-corrected chi connectivity index (χ3v) is 12.6. The van der Waals surface area contributed by atoms with E-state index >= 15 is 0 Å². The zero-order valence-corrected chi connectivity index (χ0v) is 31.2. The molecule has 1 saturated heterocycles. The number of rotatable bonds is 12. The van der Waals surface area contributed by atoms with E-state index in [1.54, 1.807) is 13.8 Å². The van der Waals surface area contributed by atoms with Gasteiger partial charge < -0.3 is 15.1 Å². The molecule has 4 aliphatic rings. The second-order valence-electron chi connectivity index (χ2n) is 14.5. The van der Waals surface area contributed by atoms with Crippen LogP contribution in [-0.2, 0) is 29.2 Å². The third kappa shape index (κ3) is 6.89. The number of fused-ring (bicyclic) bond motifs is 3. The number of oxime groups is 1. The number of amides is 4. The molecule has 0 radical (unpaired) electrons. The van der Waals surface area contributed by atoms with E-state index in [0.717, 1.165) is 22.3 Å². The fourth-order valence-electron chi connectivity index (χ4n) is 7.30. The van der Waals surface area contributed by atoms with E-state index in [2.05, 4.69) is 21.8 Å². The number of likely N-dealkylation sites (tertiary alicyclic amines) is 1. The number of nitrogens with one attached hydrogen (secondary N) is 2. The van der Waals surface area contributed by atoms with Crippen molar-refractivity contribution in [3.05, 3.63) is 107 Å². The lowest BCUT2D eigenvalue weighted by molar-refractivity contribution is -0.159. The van der Waals surface area contributed by atoms with Crippen molar-refractivity contribution in [1.29, 1.82) is 0 Å². The summed E-state index contributed by atoms with van der Waals surface area (Å²) in [6, 6.07) is 18.6. The van der Waals surface area contributed by atoms with Crippen LogP contribution in [0.15, 0.2) is 90.6 Å². The van der Waals surface area contributed by atoms with Crippen molar-refractivity contribution < 1.29 is 37.6 Å². The predicted molar refractivity (Wildman–Crippen MR) is 200 cm³/mol. The Morgan fingerprint density at radius 3 is 2.13 bits per heavy atom. The molecule has 1 aliphatic heterocycles. The number of sulfonamides is 1. The standard InChI is InChI=1S/C39H40ClN5O8S/c1-4-24-20-39(24,38(49)43-54(51,52)27-17-18-27)41-35(46)32-19-26(53-42-33-30-11-7-5-9-28(30)29-10-6-8-12-31(29)33)21-44(32)37(48)34(22(2)3)45(50)36(47)23-13-15-25(40)16-14-23/h4-16,22,24,26-27,32,34,50H,1,17-21H2,2-3H3,(H,41,46)(H,43,49)/t24-,26-,32+,34-,39+/m1/s1. The first kappa shape index (κ1) is 37.3. The summed E-state index contributed by atoms with van der Waals surface area (Å²) in [5, 5.41) is 18.6. The summed E-state index contributed by atoms with van der Waals surface area (Å²) in [7, 11) is -3.93. The van der Waals surface area contributed by atoms with Gasteiger partial charge in [0, 0.05) is 34.1 Å². The summed E-state index contributed by atoms with van der Waals surface area (Å²) in [6.45, 7) is 6.91. The lowest BCUT2D eigenvalue weighted by Crippen LogP contribution is -2.59. The van der Waals surface area contributed by atoms with Gasteiger partial charge in [0.15, 0.2) is 0 Å². The summed E-state index contributed by atoms with van der Waals surface area (Å²) in [5.74, 6) is -4.38. The van der Waals surface area contributed by atoms with Crippen LogP contribution in [0.25, 0.3) is 11.1 Å². The van der Waals surface area contributed by atoms with E-state index in [4.69, 9.17) is 16.4 Å². The van der Waals surface area contributed by atoms with Gasteiger partial charge in [-0.2, -0.15) is 0 Å². The van der Waals surface area contributed by atoms with Gasteiger partial charge in [0.05, 0.1) is 11.8 Å². The van der Waals surface area contributed by atoms with E-state index in [-0.39, 0.29) is 24.9 Å². The lowest BCUT2D eigenvalue weighted by Gasteiger charge is -2.34.